The van der Waals surface area contributed by atoms with Gasteiger partial charge in [0.2, 0.25) is 0 Å². The molecule has 0 saturated carbocycles. The average Bonchev–Trinajstić information content (AvgIpc) is 3.39. The molecule has 0 aromatic heterocycles. The summed E-state index contributed by atoms with van der Waals surface area (Å²) in [6.45, 7) is 2.88. The first-order valence-corrected chi connectivity index (χ1v) is 13.9. The van der Waals surface area contributed by atoms with Crippen molar-refractivity contribution in [3.8, 4) is 0 Å². The van der Waals surface area contributed by atoms with Crippen molar-refractivity contribution in [2.45, 2.75) is 30.1 Å². The first-order valence-electron chi connectivity index (χ1n) is 12.7. The average molecular weight is 547 g/mol. The number of piperidine rings is 1. The highest BCUT2D eigenvalue weighted by molar-refractivity contribution is 8.04. The van der Waals surface area contributed by atoms with Gasteiger partial charge in [0.25, 0.3) is 11.8 Å². The summed E-state index contributed by atoms with van der Waals surface area (Å²) >= 11 is 7.66. The lowest BCUT2D eigenvalue weighted by Gasteiger charge is -2.37. The number of likely N-dealkylation sites (tertiary alicyclic amines) is 1. The predicted molar refractivity (Wildman–Crippen MR) is 149 cm³/mol. The molecule has 0 N–H and O–H groups in total. The number of hydrogen-bond acceptors (Lipinski definition) is 5. The van der Waals surface area contributed by atoms with Crippen LogP contribution in [0.25, 0.3) is 6.08 Å². The Morgan fingerprint density at radius 1 is 0.974 bits per heavy atom. The maximum atomic E-state index is 13.6. The van der Waals surface area contributed by atoms with E-state index in [-0.39, 0.29) is 11.8 Å². The Morgan fingerprint density at radius 2 is 1.71 bits per heavy atom. The van der Waals surface area contributed by atoms with Gasteiger partial charge in [-0.15, -0.1) is 0 Å². The smallest absolute Gasteiger partial charge is 0.265 e. The minimum atomic E-state index is -0.504. The zero-order valence-corrected chi connectivity index (χ0v) is 22.3. The van der Waals surface area contributed by atoms with E-state index in [1.165, 1.54) is 11.8 Å². The van der Waals surface area contributed by atoms with Crippen molar-refractivity contribution < 1.29 is 19.1 Å². The number of ether oxygens (including phenoxy) is 2. The lowest BCUT2D eigenvalue weighted by Crippen LogP contribution is -2.47. The van der Waals surface area contributed by atoms with E-state index in [9.17, 15) is 9.59 Å². The van der Waals surface area contributed by atoms with Gasteiger partial charge in [-0.1, -0.05) is 59.8 Å². The maximum absolute atomic E-state index is 13.6. The zero-order valence-electron chi connectivity index (χ0n) is 20.8. The van der Waals surface area contributed by atoms with Crippen molar-refractivity contribution in [2.75, 3.05) is 31.2 Å². The lowest BCUT2D eigenvalue weighted by atomic mass is 10.0. The van der Waals surface area contributed by atoms with E-state index in [1.54, 1.807) is 4.90 Å². The zero-order chi connectivity index (χ0) is 26.1. The van der Waals surface area contributed by atoms with Crippen molar-refractivity contribution in [3.05, 3.63) is 99.4 Å². The molecule has 2 amide bonds. The Bertz CT molecular complexity index is 1390. The largest absolute Gasteiger partial charge is 0.347 e. The molecule has 1 spiro atoms. The Hall–Kier alpha value is -3.10. The molecule has 38 heavy (non-hydrogen) atoms. The van der Waals surface area contributed by atoms with Gasteiger partial charge in [0.05, 0.1) is 30.4 Å². The molecule has 3 aliphatic heterocycles. The molecule has 3 aromatic rings. The summed E-state index contributed by atoms with van der Waals surface area (Å²) in [7, 11) is 0. The highest BCUT2D eigenvalue weighted by atomic mass is 35.5. The van der Waals surface area contributed by atoms with E-state index in [0.29, 0.717) is 61.2 Å². The molecule has 3 aliphatic rings. The van der Waals surface area contributed by atoms with Crippen molar-refractivity contribution >= 4 is 46.9 Å². The number of nitrogens with zero attached hydrogens (tertiary/aromatic N) is 2. The number of benzene rings is 3. The molecule has 0 unspecified atom stereocenters. The quantitative estimate of drug-likeness (QED) is 0.376. The summed E-state index contributed by atoms with van der Waals surface area (Å²) in [6, 6.07) is 22.9. The van der Waals surface area contributed by atoms with Crippen LogP contribution in [-0.4, -0.2) is 48.8 Å². The number of halogens is 1. The third-order valence-electron chi connectivity index (χ3n) is 7.14. The summed E-state index contributed by atoms with van der Waals surface area (Å²) < 4.78 is 11.5. The van der Waals surface area contributed by atoms with E-state index >= 15 is 0 Å². The number of para-hydroxylation sites is 1. The molecule has 2 saturated heterocycles. The molecule has 3 heterocycles. The molecule has 0 atom stereocenters. The Labute approximate surface area is 231 Å². The fraction of sp³-hybridized carbons (Fsp3) is 0.267. The second kappa shape index (κ2) is 10.6. The van der Waals surface area contributed by atoms with Gasteiger partial charge in [-0.3, -0.25) is 9.59 Å². The summed E-state index contributed by atoms with van der Waals surface area (Å²) in [6.07, 6.45) is 3.27. The van der Waals surface area contributed by atoms with Crippen LogP contribution in [0.5, 0.6) is 0 Å². The monoisotopic (exact) mass is 546 g/mol. The van der Waals surface area contributed by atoms with Crippen LogP contribution in [0.15, 0.2) is 82.6 Å². The number of fused-ring (bicyclic) bond motifs is 1. The lowest BCUT2D eigenvalue weighted by molar-refractivity contribution is -0.181. The number of rotatable bonds is 4. The first kappa shape index (κ1) is 25.2. The van der Waals surface area contributed by atoms with Crippen LogP contribution >= 0.6 is 23.4 Å². The minimum absolute atomic E-state index is 0.00166. The number of carbonyl (C=O) groups is 2. The molecule has 6 nitrogen and oxygen atoms in total. The number of carbonyl (C=O) groups excluding carboxylic acids is 2. The van der Waals surface area contributed by atoms with E-state index in [1.807, 2.05) is 83.8 Å². The molecule has 3 aromatic carbocycles. The highest BCUT2D eigenvalue weighted by Crippen LogP contribution is 2.42. The summed E-state index contributed by atoms with van der Waals surface area (Å²) in [5, 5.41) is 0.643. The predicted octanol–water partition coefficient (Wildman–Crippen LogP) is 6.00. The van der Waals surface area contributed by atoms with Gasteiger partial charge in [0.1, 0.15) is 0 Å². The summed E-state index contributed by atoms with van der Waals surface area (Å²) in [5.41, 5.74) is 3.35. The first-order chi connectivity index (χ1) is 18.5. The van der Waals surface area contributed by atoms with Gasteiger partial charge in [-0.05, 0) is 53.6 Å². The summed E-state index contributed by atoms with van der Waals surface area (Å²) in [4.78, 5) is 32.0. The fourth-order valence-corrected chi connectivity index (χ4v) is 6.40. The van der Waals surface area contributed by atoms with Crippen molar-refractivity contribution in [2.24, 2.45) is 0 Å². The number of thioether (sulfide) groups is 1. The van der Waals surface area contributed by atoms with Crippen LogP contribution in [0.1, 0.15) is 34.3 Å². The van der Waals surface area contributed by atoms with Gasteiger partial charge in [0, 0.05) is 41.4 Å². The van der Waals surface area contributed by atoms with Gasteiger partial charge >= 0.3 is 0 Å². The number of anilines is 1. The van der Waals surface area contributed by atoms with E-state index in [0.717, 1.165) is 21.7 Å². The highest BCUT2D eigenvalue weighted by Gasteiger charge is 2.40. The molecule has 0 aliphatic carbocycles. The van der Waals surface area contributed by atoms with Crippen LogP contribution in [-0.2, 0) is 20.8 Å². The molecule has 8 heteroatoms. The molecule has 0 radical (unpaired) electrons. The van der Waals surface area contributed by atoms with Crippen molar-refractivity contribution in [1.82, 2.24) is 4.90 Å². The third-order valence-corrected chi connectivity index (χ3v) is 8.46. The topological polar surface area (TPSA) is 59.1 Å². The van der Waals surface area contributed by atoms with Crippen LogP contribution in [0.3, 0.4) is 0 Å². The normalized spacial score (nSPS) is 19.7. The van der Waals surface area contributed by atoms with Crippen molar-refractivity contribution in [1.29, 1.82) is 0 Å². The number of hydrogen-bond donors (Lipinski definition) is 0. The van der Waals surface area contributed by atoms with E-state index in [2.05, 4.69) is 0 Å². The van der Waals surface area contributed by atoms with Crippen LogP contribution in [0, 0.1) is 0 Å². The van der Waals surface area contributed by atoms with Gasteiger partial charge in [-0.2, -0.15) is 0 Å². The Balaban J connectivity index is 1.19. The molecule has 194 valence electrons. The van der Waals surface area contributed by atoms with Gasteiger partial charge in [0.15, 0.2) is 5.79 Å². The SMILES string of the molecule is O=C(c1ccc(/C=C2/Sc3ccccc3N(Cc3cccc(Cl)c3)C2=O)cc1)N1CCC2(CC1)OCCO2. The Morgan fingerprint density at radius 3 is 2.45 bits per heavy atom. The van der Waals surface area contributed by atoms with E-state index in [4.69, 9.17) is 21.1 Å². The minimum Gasteiger partial charge on any atom is -0.347 e. The van der Waals surface area contributed by atoms with Gasteiger partial charge < -0.3 is 19.3 Å². The van der Waals surface area contributed by atoms with Crippen LogP contribution in [0.4, 0.5) is 5.69 Å². The molecule has 0 bridgehead atoms. The second-order valence-electron chi connectivity index (χ2n) is 9.62. The summed E-state index contributed by atoms with van der Waals surface area (Å²) in [5.74, 6) is -0.565. The van der Waals surface area contributed by atoms with Crippen LogP contribution < -0.4 is 4.90 Å². The maximum Gasteiger partial charge on any atom is 0.265 e. The molecular formula is C30H27ClN2O4S. The molecule has 2 fully saturated rings. The standard InChI is InChI=1S/C30H27ClN2O4S/c31-24-5-3-4-22(18-24)20-33-25-6-1-2-7-26(25)38-27(29(33)35)19-21-8-10-23(11-9-21)28(34)32-14-12-30(13-15-32)36-16-17-37-30/h1-11,18-19H,12-17,20H2/b27-19+. The van der Waals surface area contributed by atoms with Gasteiger partial charge in [-0.25, -0.2) is 0 Å². The molecule has 6 rings (SSSR count). The molecular weight excluding hydrogens is 520 g/mol. The Kier molecular flexibility index (Phi) is 7.01. The van der Waals surface area contributed by atoms with Crippen LogP contribution in [0.2, 0.25) is 5.02 Å². The third kappa shape index (κ3) is 5.12. The fourth-order valence-electron chi connectivity index (χ4n) is 5.13. The second-order valence-corrected chi connectivity index (χ2v) is 11.1. The number of amides is 2. The van der Waals surface area contributed by atoms with Crippen molar-refractivity contribution in [3.63, 3.8) is 0 Å². The van der Waals surface area contributed by atoms with E-state index < -0.39 is 5.79 Å².